The summed E-state index contributed by atoms with van der Waals surface area (Å²) < 4.78 is 71.8. The summed E-state index contributed by atoms with van der Waals surface area (Å²) in [6.45, 7) is 11.3. The highest BCUT2D eigenvalue weighted by atomic mass is 31.2. The second-order valence-corrected chi connectivity index (χ2v) is 22.6. The number of rotatable bonds is 18. The lowest BCUT2D eigenvalue weighted by atomic mass is 9.84. The van der Waals surface area contributed by atoms with E-state index in [1.807, 2.05) is 41.5 Å². The number of carbonyl (C=O) groups excluding carboxylic acids is 3. The lowest BCUT2D eigenvalue weighted by Gasteiger charge is -2.47. The van der Waals surface area contributed by atoms with Gasteiger partial charge in [-0.25, -0.2) is 4.57 Å². The molecule has 6 heterocycles. The predicted molar refractivity (Wildman–Crippen MR) is 263 cm³/mol. The van der Waals surface area contributed by atoms with E-state index < -0.39 is 61.1 Å². The first-order chi connectivity index (χ1) is 35.4. The fourth-order valence-corrected chi connectivity index (χ4v) is 12.4. The first-order valence-electron chi connectivity index (χ1n) is 25.3. The Bertz CT molecular complexity index is 2540. The lowest BCUT2D eigenvalue weighted by molar-refractivity contribution is -0.150. The van der Waals surface area contributed by atoms with E-state index in [0.717, 1.165) is 0 Å². The molecule has 9 rings (SSSR count). The molecule has 3 aromatic rings. The number of nitrogens with zero attached hydrogens (tertiary/aromatic N) is 6. The molecular formula is C54H63N6O13P. The van der Waals surface area contributed by atoms with Crippen molar-refractivity contribution in [2.24, 2.45) is 0 Å². The highest BCUT2D eigenvalue weighted by molar-refractivity contribution is 7.48. The van der Waals surface area contributed by atoms with Crippen LogP contribution in [0, 0.1) is 34.0 Å². The minimum atomic E-state index is -4.49. The van der Waals surface area contributed by atoms with Gasteiger partial charge in [-0.05, 0) is 115 Å². The molecule has 74 heavy (non-hydrogen) atoms. The molecule has 392 valence electrons. The molecular weight excluding hydrogens is 972 g/mol. The third kappa shape index (κ3) is 10.6. The van der Waals surface area contributed by atoms with Crippen LogP contribution in [0.2, 0.25) is 0 Å². The number of amides is 3. The molecule has 6 atom stereocenters. The number of ether oxygens (including phenoxy) is 6. The number of phosphoric ester groups is 1. The van der Waals surface area contributed by atoms with Crippen LogP contribution in [0.25, 0.3) is 0 Å². The molecule has 3 fully saturated rings. The van der Waals surface area contributed by atoms with Gasteiger partial charge in [-0.1, -0.05) is 0 Å². The maximum atomic E-state index is 14.8. The van der Waals surface area contributed by atoms with Gasteiger partial charge in [0.1, 0.15) is 52.4 Å². The lowest BCUT2D eigenvalue weighted by Crippen LogP contribution is -2.55. The topological polar surface area (TPSA) is 232 Å². The number of likely N-dealkylation sites (tertiary alicyclic amines) is 3. The third-order valence-electron chi connectivity index (χ3n) is 14.6. The number of benzene rings is 3. The molecule has 0 aromatic heterocycles. The number of phosphoric acid groups is 1. The van der Waals surface area contributed by atoms with Gasteiger partial charge in [0, 0.05) is 55.6 Å². The molecule has 6 unspecified atom stereocenters. The Kier molecular flexibility index (Phi) is 15.2. The highest BCUT2D eigenvalue weighted by Gasteiger charge is 2.52. The number of carbonyl (C=O) groups is 3. The van der Waals surface area contributed by atoms with E-state index in [2.05, 4.69) is 18.2 Å². The molecule has 0 radical (unpaired) electrons. The first-order valence-corrected chi connectivity index (χ1v) is 26.8. The summed E-state index contributed by atoms with van der Waals surface area (Å²) in [5.41, 5.74) is 0.278. The molecule has 20 heteroatoms. The van der Waals surface area contributed by atoms with Crippen LogP contribution in [0.5, 0.6) is 17.2 Å². The third-order valence-corrected chi connectivity index (χ3v) is 16.1. The Labute approximate surface area is 431 Å². The van der Waals surface area contributed by atoms with Crippen molar-refractivity contribution < 1.29 is 60.9 Å². The predicted octanol–water partition coefficient (Wildman–Crippen LogP) is 7.52. The van der Waals surface area contributed by atoms with Crippen LogP contribution in [0.15, 0.2) is 54.6 Å². The van der Waals surface area contributed by atoms with E-state index in [0.29, 0.717) is 109 Å². The normalized spacial score (nSPS) is 26.1. The molecule has 3 amide bonds. The summed E-state index contributed by atoms with van der Waals surface area (Å²) in [4.78, 5) is 45.2. The van der Waals surface area contributed by atoms with Gasteiger partial charge in [-0.3, -0.25) is 28.0 Å². The van der Waals surface area contributed by atoms with Crippen LogP contribution >= 0.6 is 7.82 Å². The Hall–Kier alpha value is -6.07. The average molecular weight is 1040 g/mol. The smallest absolute Gasteiger partial charge is 0.475 e. The van der Waals surface area contributed by atoms with Gasteiger partial charge in [-0.2, -0.15) is 15.8 Å². The summed E-state index contributed by atoms with van der Waals surface area (Å²) >= 11 is 0. The van der Waals surface area contributed by atoms with Gasteiger partial charge in [0.25, 0.3) is 0 Å². The van der Waals surface area contributed by atoms with Gasteiger partial charge >= 0.3 is 7.82 Å². The molecule has 6 aliphatic rings. The Balaban J connectivity index is 0.927. The van der Waals surface area contributed by atoms with Crippen molar-refractivity contribution in [1.29, 1.82) is 15.8 Å². The Morgan fingerprint density at radius 2 is 0.784 bits per heavy atom. The molecule has 3 aromatic carbocycles. The van der Waals surface area contributed by atoms with Gasteiger partial charge in [0.15, 0.2) is 0 Å². The summed E-state index contributed by atoms with van der Waals surface area (Å²) in [6.07, 6.45) is 0.907. The fourth-order valence-electron chi connectivity index (χ4n) is 11.3. The maximum absolute atomic E-state index is 14.8. The highest BCUT2D eigenvalue weighted by Crippen LogP contribution is 2.52. The quantitative estimate of drug-likeness (QED) is 0.0885. The standard InChI is InChI=1S/C54H63N6O13P/c1-52(2)49(46(58-19-7-10-43(58)61)37-28-34(31-55)13-16-40(37)71-52)65-22-25-68-74(64,69-26-23-66-50-47(59-20-8-11-44(59)62)38-29-35(32-56)14-17-41(38)72-53(50,3)4)70-27-24-67-51-48(60-21-9-12-45(60)63)39-30-36(33-57)15-18-42(39)73-54(51,5)6/h13-18,28-30,46-51H,7-12,19-27H2,1-6H3. The van der Waals surface area contributed by atoms with Crippen LogP contribution in [-0.2, 0) is 46.7 Å². The van der Waals surface area contributed by atoms with Crippen molar-refractivity contribution in [2.45, 2.75) is 133 Å². The second-order valence-electron chi connectivity index (χ2n) is 20.9. The summed E-state index contributed by atoms with van der Waals surface area (Å²) in [7, 11) is -4.49. The minimum Gasteiger partial charge on any atom is -0.485 e. The average Bonchev–Trinajstić information content (AvgIpc) is 4.12. The monoisotopic (exact) mass is 1030 g/mol. The van der Waals surface area contributed by atoms with E-state index in [1.165, 1.54) is 0 Å². The molecule has 0 aliphatic carbocycles. The van der Waals surface area contributed by atoms with Gasteiger partial charge in [0.05, 0.1) is 92.7 Å². The van der Waals surface area contributed by atoms with E-state index >= 15 is 0 Å². The molecule has 0 spiro atoms. The molecule has 6 aliphatic heterocycles. The van der Waals surface area contributed by atoms with E-state index in [9.17, 15) is 34.7 Å². The van der Waals surface area contributed by atoms with E-state index in [1.54, 1.807) is 69.3 Å². The van der Waals surface area contributed by atoms with Crippen molar-refractivity contribution >= 4 is 25.5 Å². The maximum Gasteiger partial charge on any atom is 0.475 e. The van der Waals surface area contributed by atoms with Crippen LogP contribution in [0.1, 0.15) is 132 Å². The number of nitriles is 3. The molecule has 0 bridgehead atoms. The van der Waals surface area contributed by atoms with Crippen LogP contribution in [0.4, 0.5) is 0 Å². The minimum absolute atomic E-state index is 0.0445. The SMILES string of the molecule is CC1(C)Oc2ccc(C#N)cc2C(N2CCCC2=O)C1OCCOP(=O)(OCCOC1C(N2CCCC2=O)c2cc(C#N)ccc2OC1(C)C)OCCOC1C(N2CCCC2=O)c2cc(C#N)ccc2OC1(C)C. The van der Waals surface area contributed by atoms with Gasteiger partial charge in [-0.15, -0.1) is 0 Å². The molecule has 0 N–H and O–H groups in total. The largest absolute Gasteiger partial charge is 0.485 e. The zero-order valence-corrected chi connectivity index (χ0v) is 43.6. The van der Waals surface area contributed by atoms with Crippen molar-refractivity contribution in [3.05, 3.63) is 88.0 Å². The summed E-state index contributed by atoms with van der Waals surface area (Å²) in [5, 5.41) is 29.4. The van der Waals surface area contributed by atoms with E-state index in [-0.39, 0.29) is 57.4 Å². The van der Waals surface area contributed by atoms with Crippen molar-refractivity contribution in [3.8, 4) is 35.5 Å². The zero-order chi connectivity index (χ0) is 52.6. The van der Waals surface area contributed by atoms with Crippen molar-refractivity contribution in [1.82, 2.24) is 14.7 Å². The number of fused-ring (bicyclic) bond motifs is 3. The number of hydrogen-bond acceptors (Lipinski definition) is 16. The van der Waals surface area contributed by atoms with Crippen LogP contribution < -0.4 is 14.2 Å². The zero-order valence-electron chi connectivity index (χ0n) is 42.7. The van der Waals surface area contributed by atoms with Crippen LogP contribution in [0.3, 0.4) is 0 Å². The fraction of sp³-hybridized carbons (Fsp3) is 0.556. The number of hydrogen-bond donors (Lipinski definition) is 0. The van der Waals surface area contributed by atoms with Crippen LogP contribution in [-0.4, -0.2) is 127 Å². The Morgan fingerprint density at radius 3 is 1.03 bits per heavy atom. The second kappa shape index (κ2) is 21.3. The van der Waals surface area contributed by atoms with E-state index in [4.69, 9.17) is 42.0 Å². The molecule has 19 nitrogen and oxygen atoms in total. The summed E-state index contributed by atoms with van der Waals surface area (Å²) in [5.74, 6) is 1.49. The summed E-state index contributed by atoms with van der Waals surface area (Å²) in [6, 6.07) is 20.1. The van der Waals surface area contributed by atoms with Crippen molar-refractivity contribution in [3.63, 3.8) is 0 Å². The van der Waals surface area contributed by atoms with Gasteiger partial charge in [0.2, 0.25) is 17.7 Å². The van der Waals surface area contributed by atoms with Crippen molar-refractivity contribution in [2.75, 3.05) is 59.3 Å². The first kappa shape index (κ1) is 52.8. The Morgan fingerprint density at radius 1 is 0.500 bits per heavy atom. The molecule has 3 saturated heterocycles. The van der Waals surface area contributed by atoms with Gasteiger partial charge < -0.3 is 43.1 Å². The molecule has 0 saturated carbocycles.